The smallest absolute Gasteiger partial charge is 0.0834 e. The van der Waals surface area contributed by atoms with Crippen molar-refractivity contribution >= 4 is 22.9 Å². The van der Waals surface area contributed by atoms with Crippen molar-refractivity contribution in [1.82, 2.24) is 8.43 Å². The SMILES string of the molecule is INCC1CN(Cc2ccccc2)CCO1. The number of hydrogen-bond acceptors (Lipinski definition) is 3. The Hall–Kier alpha value is -0.170. The van der Waals surface area contributed by atoms with Crippen LogP contribution in [0.1, 0.15) is 5.56 Å². The lowest BCUT2D eigenvalue weighted by molar-refractivity contribution is -0.0269. The molecule has 1 aliphatic rings. The van der Waals surface area contributed by atoms with Crippen molar-refractivity contribution in [3.8, 4) is 0 Å². The van der Waals surface area contributed by atoms with E-state index in [1.807, 2.05) is 0 Å². The van der Waals surface area contributed by atoms with Crippen LogP contribution in [0.3, 0.4) is 0 Å². The predicted molar refractivity (Wildman–Crippen MR) is 73.5 cm³/mol. The molecule has 0 radical (unpaired) electrons. The molecule has 1 saturated heterocycles. The third-order valence-electron chi connectivity index (χ3n) is 2.78. The molecule has 3 nitrogen and oxygen atoms in total. The Balaban J connectivity index is 1.85. The van der Waals surface area contributed by atoms with Gasteiger partial charge in [-0.05, 0) is 5.56 Å². The van der Waals surface area contributed by atoms with Crippen molar-refractivity contribution in [2.24, 2.45) is 0 Å². The van der Waals surface area contributed by atoms with Gasteiger partial charge in [0.2, 0.25) is 0 Å². The number of nitrogens with one attached hydrogen (secondary N) is 1. The number of halogens is 1. The molecule has 1 aliphatic heterocycles. The molecule has 0 aromatic heterocycles. The van der Waals surface area contributed by atoms with Crippen LogP contribution >= 0.6 is 22.9 Å². The minimum atomic E-state index is 0.328. The highest BCUT2D eigenvalue weighted by Crippen LogP contribution is 2.10. The Bertz CT molecular complexity index is 305. The van der Waals surface area contributed by atoms with E-state index >= 15 is 0 Å². The average molecular weight is 332 g/mol. The molecule has 16 heavy (non-hydrogen) atoms. The summed E-state index contributed by atoms with van der Waals surface area (Å²) in [7, 11) is 0. The topological polar surface area (TPSA) is 24.5 Å². The van der Waals surface area contributed by atoms with Gasteiger partial charge in [-0.1, -0.05) is 30.3 Å². The third kappa shape index (κ3) is 3.69. The maximum Gasteiger partial charge on any atom is 0.0834 e. The van der Waals surface area contributed by atoms with Gasteiger partial charge in [-0.25, -0.2) is 0 Å². The molecule has 0 spiro atoms. The number of rotatable bonds is 4. The summed E-state index contributed by atoms with van der Waals surface area (Å²) >= 11 is 2.17. The van der Waals surface area contributed by atoms with Crippen LogP contribution in [0.25, 0.3) is 0 Å². The monoisotopic (exact) mass is 332 g/mol. The fourth-order valence-corrected chi connectivity index (χ4v) is 2.47. The molecule has 1 aromatic carbocycles. The molecule has 1 heterocycles. The van der Waals surface area contributed by atoms with E-state index in [0.29, 0.717) is 6.10 Å². The summed E-state index contributed by atoms with van der Waals surface area (Å²) < 4.78 is 8.82. The molecule has 0 aliphatic carbocycles. The van der Waals surface area contributed by atoms with Crippen LogP contribution in [0, 0.1) is 0 Å². The number of benzene rings is 1. The molecule has 1 atom stereocenters. The van der Waals surface area contributed by atoms with Crippen LogP contribution in [0.15, 0.2) is 30.3 Å². The quantitative estimate of drug-likeness (QED) is 0.673. The lowest BCUT2D eigenvalue weighted by atomic mass is 10.2. The van der Waals surface area contributed by atoms with Crippen LogP contribution in [0.4, 0.5) is 0 Å². The maximum atomic E-state index is 5.68. The van der Waals surface area contributed by atoms with E-state index in [-0.39, 0.29) is 0 Å². The molecule has 1 fully saturated rings. The molecule has 2 rings (SSSR count). The van der Waals surface area contributed by atoms with E-state index in [0.717, 1.165) is 32.8 Å². The van der Waals surface area contributed by atoms with Gasteiger partial charge in [0.05, 0.1) is 12.7 Å². The first-order valence-corrected chi connectivity index (χ1v) is 6.68. The minimum Gasteiger partial charge on any atom is -0.374 e. The lowest BCUT2D eigenvalue weighted by Gasteiger charge is -2.32. The normalized spacial score (nSPS) is 22.2. The van der Waals surface area contributed by atoms with Gasteiger partial charge in [-0.2, -0.15) is 0 Å². The standard InChI is InChI=1S/C12H17IN2O/c13-14-8-12-10-15(6-7-16-12)9-11-4-2-1-3-5-11/h1-5,12,14H,6-10H2. The molecule has 1 unspecified atom stereocenters. The second-order valence-corrected chi connectivity index (χ2v) is 4.81. The van der Waals surface area contributed by atoms with E-state index in [1.165, 1.54) is 5.56 Å². The molecule has 0 bridgehead atoms. The van der Waals surface area contributed by atoms with Crippen molar-refractivity contribution in [1.29, 1.82) is 0 Å². The Morgan fingerprint density at radius 1 is 1.38 bits per heavy atom. The molecular weight excluding hydrogens is 315 g/mol. The number of nitrogens with zero attached hydrogens (tertiary/aromatic N) is 1. The maximum absolute atomic E-state index is 5.68. The van der Waals surface area contributed by atoms with Crippen molar-refractivity contribution < 1.29 is 4.74 Å². The Labute approximate surface area is 111 Å². The first-order valence-electron chi connectivity index (χ1n) is 5.60. The molecule has 0 saturated carbocycles. The fraction of sp³-hybridized carbons (Fsp3) is 0.500. The van der Waals surface area contributed by atoms with Crippen LogP contribution in [-0.4, -0.2) is 37.2 Å². The van der Waals surface area contributed by atoms with Gasteiger partial charge in [0.15, 0.2) is 0 Å². The summed E-state index contributed by atoms with van der Waals surface area (Å²) in [5.74, 6) is 0. The predicted octanol–water partition coefficient (Wildman–Crippen LogP) is 1.83. The first kappa shape index (κ1) is 12.3. The van der Waals surface area contributed by atoms with Gasteiger partial charge in [0, 0.05) is 49.0 Å². The molecule has 1 aromatic rings. The molecule has 88 valence electrons. The van der Waals surface area contributed by atoms with Gasteiger partial charge in [0.1, 0.15) is 0 Å². The zero-order chi connectivity index (χ0) is 11.2. The minimum absolute atomic E-state index is 0.328. The van der Waals surface area contributed by atoms with Crippen molar-refractivity contribution in [3.63, 3.8) is 0 Å². The Morgan fingerprint density at radius 2 is 2.19 bits per heavy atom. The second-order valence-electron chi connectivity index (χ2n) is 4.05. The van der Waals surface area contributed by atoms with Gasteiger partial charge < -0.3 is 4.74 Å². The zero-order valence-corrected chi connectivity index (χ0v) is 11.4. The van der Waals surface area contributed by atoms with Crippen LogP contribution < -0.4 is 3.53 Å². The van der Waals surface area contributed by atoms with Crippen molar-refractivity contribution in [2.75, 3.05) is 26.2 Å². The summed E-state index contributed by atoms with van der Waals surface area (Å²) in [6, 6.07) is 10.6. The van der Waals surface area contributed by atoms with Crippen LogP contribution in [-0.2, 0) is 11.3 Å². The highest BCUT2D eigenvalue weighted by molar-refractivity contribution is 14.1. The summed E-state index contributed by atoms with van der Waals surface area (Å²) in [5.41, 5.74) is 1.38. The highest BCUT2D eigenvalue weighted by atomic mass is 127. The molecular formula is C12H17IN2O. The highest BCUT2D eigenvalue weighted by Gasteiger charge is 2.19. The van der Waals surface area contributed by atoms with Gasteiger partial charge >= 0.3 is 0 Å². The van der Waals surface area contributed by atoms with Gasteiger partial charge in [0.25, 0.3) is 0 Å². The van der Waals surface area contributed by atoms with E-state index in [9.17, 15) is 0 Å². The zero-order valence-electron chi connectivity index (χ0n) is 9.23. The number of morpholine rings is 1. The number of ether oxygens (including phenoxy) is 1. The van der Waals surface area contributed by atoms with E-state index < -0.39 is 0 Å². The summed E-state index contributed by atoms with van der Waals surface area (Å²) in [4.78, 5) is 2.46. The van der Waals surface area contributed by atoms with E-state index in [4.69, 9.17) is 4.74 Å². The van der Waals surface area contributed by atoms with E-state index in [2.05, 4.69) is 61.6 Å². The second kappa shape index (κ2) is 6.54. The Kier molecular flexibility index (Phi) is 5.02. The molecule has 1 N–H and O–H groups in total. The lowest BCUT2D eigenvalue weighted by Crippen LogP contribution is -2.45. The first-order chi connectivity index (χ1) is 7.88. The van der Waals surface area contributed by atoms with Gasteiger partial charge in [-0.3, -0.25) is 8.43 Å². The Morgan fingerprint density at radius 3 is 2.94 bits per heavy atom. The van der Waals surface area contributed by atoms with Crippen LogP contribution in [0.5, 0.6) is 0 Å². The number of hydrogen-bond donors (Lipinski definition) is 1. The van der Waals surface area contributed by atoms with Crippen molar-refractivity contribution in [3.05, 3.63) is 35.9 Å². The fourth-order valence-electron chi connectivity index (χ4n) is 1.98. The van der Waals surface area contributed by atoms with Crippen molar-refractivity contribution in [2.45, 2.75) is 12.6 Å². The molecule has 0 amide bonds. The summed E-state index contributed by atoms with van der Waals surface area (Å²) in [6.45, 7) is 4.85. The summed E-state index contributed by atoms with van der Waals surface area (Å²) in [5, 5.41) is 0. The van der Waals surface area contributed by atoms with Crippen LogP contribution in [0.2, 0.25) is 0 Å². The van der Waals surface area contributed by atoms with Gasteiger partial charge in [-0.15, -0.1) is 0 Å². The largest absolute Gasteiger partial charge is 0.374 e. The van der Waals surface area contributed by atoms with E-state index in [1.54, 1.807) is 0 Å². The molecule has 4 heteroatoms. The summed E-state index contributed by atoms with van der Waals surface area (Å²) in [6.07, 6.45) is 0.328. The average Bonchev–Trinajstić information content (AvgIpc) is 2.31. The third-order valence-corrected chi connectivity index (χ3v) is 3.22.